The molecular weight excluding hydrogens is 268 g/mol. The van der Waals surface area contributed by atoms with Crippen LogP contribution in [0.4, 0.5) is 5.69 Å². The molecule has 1 aliphatic rings. The molecule has 1 saturated carbocycles. The van der Waals surface area contributed by atoms with Crippen LogP contribution in [0.2, 0.25) is 0 Å². The van der Waals surface area contributed by atoms with E-state index in [9.17, 15) is 4.79 Å². The monoisotopic (exact) mass is 292 g/mol. The van der Waals surface area contributed by atoms with Gasteiger partial charge in [-0.05, 0) is 62.1 Å². The Morgan fingerprint density at radius 3 is 2.45 bits per heavy atom. The molecule has 3 nitrogen and oxygen atoms in total. The van der Waals surface area contributed by atoms with E-state index in [4.69, 9.17) is 5.73 Å². The minimum absolute atomic E-state index is 0.0869. The summed E-state index contributed by atoms with van der Waals surface area (Å²) in [5, 5.41) is 3.04. The maximum atomic E-state index is 12.6. The van der Waals surface area contributed by atoms with Gasteiger partial charge in [-0.3, -0.25) is 4.79 Å². The fourth-order valence-electron chi connectivity index (χ4n) is 2.78. The predicted octanol–water partition coefficient (Wildman–Crippen LogP) is 3.50. The third kappa shape index (κ3) is 3.36. The summed E-state index contributed by atoms with van der Waals surface area (Å²) in [6.07, 6.45) is 6.03. The predicted molar refractivity (Wildman–Crippen MR) is 86.0 cm³/mol. The number of benzene rings is 1. The van der Waals surface area contributed by atoms with E-state index in [1.165, 1.54) is 4.90 Å². The van der Waals surface area contributed by atoms with Crippen molar-refractivity contribution in [2.24, 2.45) is 17.1 Å². The van der Waals surface area contributed by atoms with E-state index < -0.39 is 0 Å². The lowest BCUT2D eigenvalue weighted by molar-refractivity contribution is -0.127. The zero-order valence-electron chi connectivity index (χ0n) is 12.3. The van der Waals surface area contributed by atoms with Gasteiger partial charge in [0, 0.05) is 17.1 Å². The van der Waals surface area contributed by atoms with E-state index in [2.05, 4.69) is 12.2 Å². The van der Waals surface area contributed by atoms with Crippen LogP contribution in [0.15, 0.2) is 29.2 Å². The van der Waals surface area contributed by atoms with Gasteiger partial charge in [0.25, 0.3) is 0 Å². The number of hydrogen-bond donors (Lipinski definition) is 2. The zero-order chi connectivity index (χ0) is 14.6. The van der Waals surface area contributed by atoms with Crippen molar-refractivity contribution in [3.63, 3.8) is 0 Å². The van der Waals surface area contributed by atoms with Crippen LogP contribution in [-0.4, -0.2) is 18.7 Å². The summed E-state index contributed by atoms with van der Waals surface area (Å²) in [5.74, 6) is 0.798. The molecule has 3 N–H and O–H groups in total. The molecule has 0 spiro atoms. The number of carbonyl (C=O) groups excluding carboxylic acids is 1. The molecule has 1 amide bonds. The minimum Gasteiger partial charge on any atom is -0.329 e. The van der Waals surface area contributed by atoms with Gasteiger partial charge in [0.1, 0.15) is 0 Å². The summed E-state index contributed by atoms with van der Waals surface area (Å²) in [6.45, 7) is 2.69. The number of nitrogens with one attached hydrogen (secondary N) is 1. The molecular formula is C16H24N2OS. The van der Waals surface area contributed by atoms with Gasteiger partial charge in [0.05, 0.1) is 5.41 Å². The van der Waals surface area contributed by atoms with Gasteiger partial charge in [0.2, 0.25) is 5.91 Å². The Morgan fingerprint density at radius 1 is 1.35 bits per heavy atom. The number of carbonyl (C=O) groups is 1. The maximum Gasteiger partial charge on any atom is 0.231 e. The van der Waals surface area contributed by atoms with Crippen LogP contribution in [0.25, 0.3) is 0 Å². The lowest BCUT2D eigenvalue weighted by Crippen LogP contribution is -2.44. The minimum atomic E-state index is -0.370. The van der Waals surface area contributed by atoms with E-state index in [1.807, 2.05) is 30.5 Å². The highest BCUT2D eigenvalue weighted by Crippen LogP contribution is 2.39. The average Bonchev–Trinajstić information content (AvgIpc) is 2.49. The number of hydrogen-bond acceptors (Lipinski definition) is 3. The second-order valence-electron chi connectivity index (χ2n) is 5.85. The molecule has 1 aromatic carbocycles. The molecule has 0 aliphatic heterocycles. The highest BCUT2D eigenvalue weighted by atomic mass is 32.2. The topological polar surface area (TPSA) is 55.1 Å². The molecule has 110 valence electrons. The summed E-state index contributed by atoms with van der Waals surface area (Å²) in [4.78, 5) is 13.8. The molecule has 4 heteroatoms. The van der Waals surface area contributed by atoms with E-state index in [0.29, 0.717) is 12.5 Å². The molecule has 1 aromatic rings. The molecule has 1 fully saturated rings. The first kappa shape index (κ1) is 15.4. The summed E-state index contributed by atoms with van der Waals surface area (Å²) < 4.78 is 0. The molecule has 0 heterocycles. The lowest BCUT2D eigenvalue weighted by Gasteiger charge is -2.37. The largest absolute Gasteiger partial charge is 0.329 e. The average molecular weight is 292 g/mol. The zero-order valence-corrected chi connectivity index (χ0v) is 13.1. The molecule has 0 unspecified atom stereocenters. The normalized spacial score (nSPS) is 26.2. The van der Waals surface area contributed by atoms with Crippen molar-refractivity contribution in [3.05, 3.63) is 24.3 Å². The van der Waals surface area contributed by atoms with Gasteiger partial charge in [-0.15, -0.1) is 11.8 Å². The molecule has 0 atom stereocenters. The first-order valence-electron chi connectivity index (χ1n) is 7.25. The van der Waals surface area contributed by atoms with E-state index in [0.717, 1.165) is 31.4 Å². The SMILES string of the molecule is CSc1ccc(NC(=O)C2(CN)CCC(C)CC2)cc1. The van der Waals surface area contributed by atoms with E-state index >= 15 is 0 Å². The summed E-state index contributed by atoms with van der Waals surface area (Å²) in [6, 6.07) is 7.97. The highest BCUT2D eigenvalue weighted by molar-refractivity contribution is 7.98. The van der Waals surface area contributed by atoms with Gasteiger partial charge in [-0.25, -0.2) is 0 Å². The van der Waals surface area contributed by atoms with Crippen molar-refractivity contribution in [2.75, 3.05) is 18.1 Å². The molecule has 0 bridgehead atoms. The van der Waals surface area contributed by atoms with Gasteiger partial charge in [-0.2, -0.15) is 0 Å². The quantitative estimate of drug-likeness (QED) is 0.835. The van der Waals surface area contributed by atoms with Gasteiger partial charge in [0.15, 0.2) is 0 Å². The van der Waals surface area contributed by atoms with Crippen LogP contribution in [0.3, 0.4) is 0 Å². The van der Waals surface area contributed by atoms with Gasteiger partial charge < -0.3 is 11.1 Å². The van der Waals surface area contributed by atoms with Crippen molar-refractivity contribution >= 4 is 23.4 Å². The Kier molecular flexibility index (Phi) is 5.11. The second kappa shape index (κ2) is 6.64. The standard InChI is InChI=1S/C16H24N2OS/c1-12-7-9-16(11-17,10-8-12)15(19)18-13-3-5-14(20-2)6-4-13/h3-6,12H,7-11,17H2,1-2H3,(H,18,19). The third-order valence-electron chi connectivity index (χ3n) is 4.45. The Morgan fingerprint density at radius 2 is 1.95 bits per heavy atom. The van der Waals surface area contributed by atoms with Crippen LogP contribution < -0.4 is 11.1 Å². The molecule has 20 heavy (non-hydrogen) atoms. The number of anilines is 1. The maximum absolute atomic E-state index is 12.6. The molecule has 0 saturated heterocycles. The Bertz CT molecular complexity index is 450. The molecule has 0 radical (unpaired) electrons. The Labute approximate surface area is 125 Å². The number of rotatable bonds is 4. The van der Waals surface area contributed by atoms with E-state index in [1.54, 1.807) is 11.8 Å². The number of thioether (sulfide) groups is 1. The van der Waals surface area contributed by atoms with Crippen LogP contribution in [0.1, 0.15) is 32.6 Å². The van der Waals surface area contributed by atoms with Crippen molar-refractivity contribution < 1.29 is 4.79 Å². The van der Waals surface area contributed by atoms with Crippen LogP contribution in [0.5, 0.6) is 0 Å². The van der Waals surface area contributed by atoms with Crippen LogP contribution in [-0.2, 0) is 4.79 Å². The first-order chi connectivity index (χ1) is 9.59. The fraction of sp³-hybridized carbons (Fsp3) is 0.562. The van der Waals surface area contributed by atoms with Crippen LogP contribution >= 0.6 is 11.8 Å². The molecule has 2 rings (SSSR count). The smallest absolute Gasteiger partial charge is 0.231 e. The van der Waals surface area contributed by atoms with Crippen molar-refractivity contribution in [1.82, 2.24) is 0 Å². The number of amides is 1. The van der Waals surface area contributed by atoms with Crippen molar-refractivity contribution in [2.45, 2.75) is 37.5 Å². The number of nitrogens with two attached hydrogens (primary N) is 1. The summed E-state index contributed by atoms with van der Waals surface area (Å²) in [7, 11) is 0. The first-order valence-corrected chi connectivity index (χ1v) is 8.48. The summed E-state index contributed by atoms with van der Waals surface area (Å²) >= 11 is 1.70. The highest BCUT2D eigenvalue weighted by Gasteiger charge is 2.39. The fourth-order valence-corrected chi connectivity index (χ4v) is 3.18. The van der Waals surface area contributed by atoms with E-state index in [-0.39, 0.29) is 11.3 Å². The third-order valence-corrected chi connectivity index (χ3v) is 5.20. The lowest BCUT2D eigenvalue weighted by atomic mass is 9.70. The Hall–Kier alpha value is -1.00. The summed E-state index contributed by atoms with van der Waals surface area (Å²) in [5.41, 5.74) is 6.41. The van der Waals surface area contributed by atoms with Crippen molar-refractivity contribution in [1.29, 1.82) is 0 Å². The van der Waals surface area contributed by atoms with Crippen molar-refractivity contribution in [3.8, 4) is 0 Å². The Balaban J connectivity index is 2.05. The molecule has 0 aromatic heterocycles. The molecule has 1 aliphatic carbocycles. The van der Waals surface area contributed by atoms with Gasteiger partial charge in [-0.1, -0.05) is 6.92 Å². The van der Waals surface area contributed by atoms with Crippen LogP contribution in [0, 0.1) is 11.3 Å². The van der Waals surface area contributed by atoms with Gasteiger partial charge >= 0.3 is 0 Å². The second-order valence-corrected chi connectivity index (χ2v) is 6.73.